The van der Waals surface area contributed by atoms with Gasteiger partial charge >= 0.3 is 12.1 Å². The van der Waals surface area contributed by atoms with Crippen molar-refractivity contribution in [3.8, 4) is 6.07 Å². The highest BCUT2D eigenvalue weighted by atomic mass is 19.4. The molecule has 0 bridgehead atoms. The number of rotatable bonds is 4. The lowest BCUT2D eigenvalue weighted by Crippen LogP contribution is -2.42. The van der Waals surface area contributed by atoms with E-state index in [9.17, 15) is 18.0 Å². The first kappa shape index (κ1) is 19.0. The normalized spacial score (nSPS) is 17.4. The number of benzene rings is 1. The van der Waals surface area contributed by atoms with Gasteiger partial charge in [-0.2, -0.15) is 23.4 Å². The van der Waals surface area contributed by atoms with E-state index in [1.54, 1.807) is 20.8 Å². The molecule has 1 fully saturated rings. The smallest absolute Gasteiger partial charge is 0.417 e. The van der Waals surface area contributed by atoms with Crippen molar-refractivity contribution in [1.82, 2.24) is 5.06 Å². The molecule has 2 rings (SSSR count). The van der Waals surface area contributed by atoms with E-state index in [0.29, 0.717) is 0 Å². The third-order valence-electron chi connectivity index (χ3n) is 3.30. The summed E-state index contributed by atoms with van der Waals surface area (Å²) >= 11 is 0. The molecule has 1 aromatic rings. The number of hydrogen-bond acceptors (Lipinski definition) is 7. The molecule has 1 aliphatic heterocycles. The maximum absolute atomic E-state index is 13.1. The Kier molecular flexibility index (Phi) is 5.22. The number of halogens is 3. The Balaban J connectivity index is 2.26. The number of hydrogen-bond donors (Lipinski definition) is 0. The molecule has 0 spiro atoms. The number of alkyl halides is 3. The molecule has 0 saturated carbocycles. The Morgan fingerprint density at radius 1 is 1.40 bits per heavy atom. The minimum atomic E-state index is -4.71. The van der Waals surface area contributed by atoms with Gasteiger partial charge in [0.15, 0.2) is 5.72 Å². The number of anilines is 1. The van der Waals surface area contributed by atoms with Crippen molar-refractivity contribution in [3.63, 3.8) is 0 Å². The Bertz CT molecular complexity index is 700. The van der Waals surface area contributed by atoms with Gasteiger partial charge in [-0.15, -0.1) is 10.3 Å². The van der Waals surface area contributed by atoms with Gasteiger partial charge < -0.3 is 4.74 Å². The number of hydroxylamine groups is 2. The zero-order valence-corrected chi connectivity index (χ0v) is 13.8. The number of carbonyl (C=O) groups is 1. The molecule has 7 nitrogen and oxygen atoms in total. The average Bonchev–Trinajstić information content (AvgIpc) is 2.81. The van der Waals surface area contributed by atoms with Crippen molar-refractivity contribution in [2.75, 3.05) is 18.4 Å². The van der Waals surface area contributed by atoms with Crippen molar-refractivity contribution in [2.24, 2.45) is 0 Å². The van der Waals surface area contributed by atoms with E-state index in [4.69, 9.17) is 19.8 Å². The maximum atomic E-state index is 13.1. The largest absolute Gasteiger partial charge is 0.465 e. The van der Waals surface area contributed by atoms with Gasteiger partial charge in [-0.3, -0.25) is 4.79 Å². The molecule has 0 N–H and O–H groups in total. The van der Waals surface area contributed by atoms with E-state index in [1.165, 1.54) is 12.1 Å². The Hall–Kier alpha value is -2.35. The molecule has 0 aliphatic carbocycles. The first-order valence-corrected chi connectivity index (χ1v) is 7.30. The van der Waals surface area contributed by atoms with Crippen molar-refractivity contribution >= 4 is 11.7 Å². The van der Waals surface area contributed by atoms with E-state index in [0.717, 1.165) is 22.4 Å². The van der Waals surface area contributed by atoms with E-state index >= 15 is 0 Å². The Morgan fingerprint density at radius 2 is 2.08 bits per heavy atom. The van der Waals surface area contributed by atoms with Gasteiger partial charge in [0.05, 0.1) is 29.5 Å². The quantitative estimate of drug-likeness (QED) is 0.765. The summed E-state index contributed by atoms with van der Waals surface area (Å²) in [5, 5.41) is 10.7. The van der Waals surface area contributed by atoms with Crippen LogP contribution in [0.15, 0.2) is 18.2 Å². The average molecular weight is 359 g/mol. The molecule has 1 aromatic carbocycles. The SMILES string of the molecule is CCOC(=O)CN1ON(c2ccc(C#N)c(C(F)(F)F)c2)OC1(C)C. The lowest BCUT2D eigenvalue weighted by Gasteiger charge is -2.22. The van der Waals surface area contributed by atoms with E-state index in [-0.39, 0.29) is 18.8 Å². The molecule has 0 unspecified atom stereocenters. The minimum Gasteiger partial charge on any atom is -0.465 e. The second-order valence-corrected chi connectivity index (χ2v) is 5.56. The summed E-state index contributed by atoms with van der Waals surface area (Å²) in [5.41, 5.74) is -2.83. The zero-order chi connectivity index (χ0) is 18.8. The van der Waals surface area contributed by atoms with Gasteiger partial charge in [0.25, 0.3) is 0 Å². The summed E-state index contributed by atoms with van der Waals surface area (Å²) in [5.74, 6) is -0.572. The number of ether oxygens (including phenoxy) is 1. The zero-order valence-electron chi connectivity index (χ0n) is 13.8. The van der Waals surface area contributed by atoms with Crippen LogP contribution in [-0.4, -0.2) is 29.9 Å². The molecule has 25 heavy (non-hydrogen) atoms. The van der Waals surface area contributed by atoms with Gasteiger partial charge in [0.2, 0.25) is 0 Å². The third-order valence-corrected chi connectivity index (χ3v) is 3.30. The number of nitrogens with zero attached hydrogens (tertiary/aromatic N) is 3. The molecule has 10 heteroatoms. The van der Waals surface area contributed by atoms with Gasteiger partial charge in [0, 0.05) is 0 Å². The number of carbonyl (C=O) groups excluding carboxylic acids is 1. The summed E-state index contributed by atoms with van der Waals surface area (Å²) in [6.07, 6.45) is -4.71. The first-order chi connectivity index (χ1) is 11.6. The fraction of sp³-hybridized carbons (Fsp3) is 0.467. The summed E-state index contributed by atoms with van der Waals surface area (Å²) < 4.78 is 44.0. The van der Waals surface area contributed by atoms with Gasteiger partial charge in [-0.05, 0) is 39.0 Å². The van der Waals surface area contributed by atoms with Crippen molar-refractivity contribution in [3.05, 3.63) is 29.3 Å². The predicted octanol–water partition coefficient (Wildman–Crippen LogP) is 2.78. The minimum absolute atomic E-state index is 0.0780. The molecular weight excluding hydrogens is 343 g/mol. The van der Waals surface area contributed by atoms with Crippen LogP contribution in [0.4, 0.5) is 18.9 Å². The molecule has 1 aliphatic rings. The Morgan fingerprint density at radius 3 is 2.64 bits per heavy atom. The second-order valence-electron chi connectivity index (χ2n) is 5.56. The van der Waals surface area contributed by atoms with Crippen LogP contribution in [0.25, 0.3) is 0 Å². The molecule has 0 radical (unpaired) electrons. The molecule has 0 aromatic heterocycles. The molecule has 1 saturated heterocycles. The lowest BCUT2D eigenvalue weighted by molar-refractivity contribution is -0.186. The first-order valence-electron chi connectivity index (χ1n) is 7.30. The van der Waals surface area contributed by atoms with Crippen LogP contribution in [0, 0.1) is 11.3 Å². The second kappa shape index (κ2) is 6.87. The van der Waals surface area contributed by atoms with Crippen LogP contribution in [0.2, 0.25) is 0 Å². The van der Waals surface area contributed by atoms with Crippen molar-refractivity contribution in [1.29, 1.82) is 5.26 Å². The highest BCUT2D eigenvalue weighted by molar-refractivity contribution is 5.71. The van der Waals surface area contributed by atoms with Gasteiger partial charge in [-0.25, -0.2) is 4.84 Å². The van der Waals surface area contributed by atoms with Crippen molar-refractivity contribution < 1.29 is 32.5 Å². The van der Waals surface area contributed by atoms with E-state index in [1.807, 2.05) is 0 Å². The summed E-state index contributed by atoms with van der Waals surface area (Å²) in [6.45, 7) is 4.69. The standard InChI is InChI=1S/C15H16F3N3O4/c1-4-23-13(22)9-20-14(2,3)24-21(25-20)11-6-5-10(8-19)12(7-11)15(16,17)18/h5-7H,4,9H2,1-3H3. The number of esters is 1. The number of nitriles is 1. The molecular formula is C15H16F3N3O4. The summed E-state index contributed by atoms with van der Waals surface area (Å²) in [6, 6.07) is 4.50. The molecule has 0 atom stereocenters. The van der Waals surface area contributed by atoms with Crippen LogP contribution in [0.3, 0.4) is 0 Å². The van der Waals surface area contributed by atoms with Crippen LogP contribution in [0.5, 0.6) is 0 Å². The summed E-state index contributed by atoms with van der Waals surface area (Å²) in [7, 11) is 0. The fourth-order valence-electron chi connectivity index (χ4n) is 2.07. The van der Waals surface area contributed by atoms with Crippen molar-refractivity contribution in [2.45, 2.75) is 32.7 Å². The van der Waals surface area contributed by atoms with E-state index in [2.05, 4.69) is 0 Å². The molecule has 0 amide bonds. The fourth-order valence-corrected chi connectivity index (χ4v) is 2.07. The third kappa shape index (κ3) is 4.19. The Labute approximate surface area is 141 Å². The van der Waals surface area contributed by atoms with Crippen LogP contribution in [0.1, 0.15) is 31.9 Å². The summed E-state index contributed by atoms with van der Waals surface area (Å²) in [4.78, 5) is 22.4. The maximum Gasteiger partial charge on any atom is 0.417 e. The predicted molar refractivity (Wildman–Crippen MR) is 78.2 cm³/mol. The van der Waals surface area contributed by atoms with Crippen LogP contribution < -0.4 is 5.23 Å². The van der Waals surface area contributed by atoms with E-state index < -0.39 is 29.0 Å². The topological polar surface area (TPSA) is 75.0 Å². The highest BCUT2D eigenvalue weighted by Crippen LogP contribution is 2.37. The lowest BCUT2D eigenvalue weighted by atomic mass is 10.1. The highest BCUT2D eigenvalue weighted by Gasteiger charge is 2.43. The van der Waals surface area contributed by atoms with Crippen LogP contribution in [-0.2, 0) is 25.5 Å². The van der Waals surface area contributed by atoms with Crippen LogP contribution >= 0.6 is 0 Å². The van der Waals surface area contributed by atoms with Gasteiger partial charge in [-0.1, -0.05) is 0 Å². The monoisotopic (exact) mass is 359 g/mol. The molecule has 136 valence electrons. The van der Waals surface area contributed by atoms with Gasteiger partial charge in [0.1, 0.15) is 6.54 Å². The molecule has 1 heterocycles.